The van der Waals surface area contributed by atoms with E-state index in [0.29, 0.717) is 23.5 Å². The van der Waals surface area contributed by atoms with Crippen LogP contribution in [-0.2, 0) is 17.6 Å². The summed E-state index contributed by atoms with van der Waals surface area (Å²) in [5.74, 6) is -1.07. The minimum absolute atomic E-state index is 0.00636. The van der Waals surface area contributed by atoms with Crippen LogP contribution in [-0.4, -0.2) is 49.0 Å². The first-order valence-electron chi connectivity index (χ1n) is 6.46. The van der Waals surface area contributed by atoms with Crippen molar-refractivity contribution in [3.05, 3.63) is 35.7 Å². The lowest BCUT2D eigenvalue weighted by Gasteiger charge is -2.16. The van der Waals surface area contributed by atoms with Crippen molar-refractivity contribution in [2.45, 2.75) is 18.9 Å². The lowest BCUT2D eigenvalue weighted by atomic mass is 10.1. The third kappa shape index (κ3) is 2.34. The maximum atomic E-state index is 11.1. The normalized spacial score (nSPS) is 17.0. The van der Waals surface area contributed by atoms with Gasteiger partial charge in [0.2, 0.25) is 0 Å². The molecule has 0 bridgehead atoms. The third-order valence-corrected chi connectivity index (χ3v) is 3.48. The van der Waals surface area contributed by atoms with E-state index in [9.17, 15) is 10.0 Å². The minimum atomic E-state index is -1.07. The second-order valence-electron chi connectivity index (χ2n) is 4.84. The van der Waals surface area contributed by atoms with Gasteiger partial charge in [0.15, 0.2) is 6.04 Å². The number of aliphatic carboxylic acids is 1. The Balaban J connectivity index is 1.92. The monoisotopic (exact) mass is 290 g/mol. The van der Waals surface area contributed by atoms with Crippen LogP contribution in [0.3, 0.4) is 0 Å². The molecule has 0 amide bonds. The lowest BCUT2D eigenvalue weighted by Crippen LogP contribution is -2.35. The first kappa shape index (κ1) is 13.5. The molecule has 21 heavy (non-hydrogen) atoms. The first-order valence-corrected chi connectivity index (χ1v) is 6.46. The molecule has 1 aliphatic rings. The number of hydroxylamine groups is 1. The van der Waals surface area contributed by atoms with Gasteiger partial charge in [-0.1, -0.05) is 11.3 Å². The Hall–Kier alpha value is -2.45. The van der Waals surface area contributed by atoms with Gasteiger partial charge in [0.25, 0.3) is 0 Å². The van der Waals surface area contributed by atoms with E-state index in [4.69, 9.17) is 10.2 Å². The standard InChI is InChI=1S/C13H14N4O4/c18-4-3-9-7-16(15-14-9)10-2-1-8-5-12(13(19)20)17(21)11(8)6-10/h1-2,6-7,12,18,21H,3-5H2,(H,19,20). The number of benzene rings is 1. The molecule has 0 aliphatic carbocycles. The van der Waals surface area contributed by atoms with Gasteiger partial charge in [-0.2, -0.15) is 0 Å². The van der Waals surface area contributed by atoms with E-state index in [0.717, 1.165) is 10.6 Å². The summed E-state index contributed by atoms with van der Waals surface area (Å²) in [5.41, 5.74) is 2.54. The number of rotatable bonds is 4. The van der Waals surface area contributed by atoms with E-state index in [1.54, 1.807) is 24.4 Å². The summed E-state index contributed by atoms with van der Waals surface area (Å²) in [4.78, 5) is 11.1. The summed E-state index contributed by atoms with van der Waals surface area (Å²) in [6.07, 6.45) is 2.36. The molecule has 110 valence electrons. The Labute approximate surface area is 119 Å². The molecule has 8 nitrogen and oxygen atoms in total. The number of aromatic nitrogens is 3. The molecule has 1 unspecified atom stereocenters. The van der Waals surface area contributed by atoms with Gasteiger partial charge < -0.3 is 10.2 Å². The number of carbonyl (C=O) groups is 1. The van der Waals surface area contributed by atoms with E-state index >= 15 is 0 Å². The number of aliphatic hydroxyl groups is 1. The Kier molecular flexibility index (Phi) is 3.32. The highest BCUT2D eigenvalue weighted by molar-refractivity contribution is 5.81. The lowest BCUT2D eigenvalue weighted by molar-refractivity contribution is -0.139. The molecular formula is C13H14N4O4. The topological polar surface area (TPSA) is 112 Å². The first-order chi connectivity index (χ1) is 10.1. The molecule has 8 heteroatoms. The van der Waals surface area contributed by atoms with Crippen molar-refractivity contribution < 1.29 is 20.2 Å². The zero-order chi connectivity index (χ0) is 15.0. The number of nitrogens with zero attached hydrogens (tertiary/aromatic N) is 4. The average Bonchev–Trinajstić information content (AvgIpc) is 3.04. The molecule has 0 saturated heterocycles. The molecular weight excluding hydrogens is 276 g/mol. The molecule has 3 N–H and O–H groups in total. The van der Waals surface area contributed by atoms with Crippen molar-refractivity contribution in [1.82, 2.24) is 15.0 Å². The highest BCUT2D eigenvalue weighted by Crippen LogP contribution is 2.32. The maximum absolute atomic E-state index is 11.1. The quantitative estimate of drug-likeness (QED) is 0.727. The molecule has 0 spiro atoms. The van der Waals surface area contributed by atoms with Crippen LogP contribution in [0.1, 0.15) is 11.3 Å². The van der Waals surface area contributed by atoms with E-state index in [-0.39, 0.29) is 13.0 Å². The van der Waals surface area contributed by atoms with Gasteiger partial charge in [0, 0.05) is 19.4 Å². The summed E-state index contributed by atoms with van der Waals surface area (Å²) >= 11 is 0. The van der Waals surface area contributed by atoms with E-state index in [2.05, 4.69) is 10.3 Å². The molecule has 1 aromatic heterocycles. The molecule has 0 saturated carbocycles. The third-order valence-electron chi connectivity index (χ3n) is 3.48. The van der Waals surface area contributed by atoms with Crippen molar-refractivity contribution in [3.8, 4) is 5.69 Å². The molecule has 1 aromatic carbocycles. The van der Waals surface area contributed by atoms with Gasteiger partial charge in [0.1, 0.15) is 0 Å². The Bertz CT molecular complexity index is 685. The summed E-state index contributed by atoms with van der Waals surface area (Å²) in [5, 5.41) is 36.5. The summed E-state index contributed by atoms with van der Waals surface area (Å²) in [7, 11) is 0. The number of carboxylic acid groups (broad SMARTS) is 1. The largest absolute Gasteiger partial charge is 0.480 e. The zero-order valence-electron chi connectivity index (χ0n) is 11.0. The predicted octanol–water partition coefficient (Wildman–Crippen LogP) is 0.00700. The fourth-order valence-corrected chi connectivity index (χ4v) is 2.39. The Morgan fingerprint density at radius 1 is 1.43 bits per heavy atom. The highest BCUT2D eigenvalue weighted by atomic mass is 16.5. The van der Waals surface area contributed by atoms with Crippen molar-refractivity contribution in [2.75, 3.05) is 11.7 Å². The molecule has 2 heterocycles. The van der Waals surface area contributed by atoms with Crippen LogP contribution < -0.4 is 5.06 Å². The van der Waals surface area contributed by atoms with E-state index < -0.39 is 12.0 Å². The van der Waals surface area contributed by atoms with Crippen LogP contribution in [0.2, 0.25) is 0 Å². The fraction of sp³-hybridized carbons (Fsp3) is 0.308. The predicted molar refractivity (Wildman–Crippen MR) is 71.5 cm³/mol. The average molecular weight is 290 g/mol. The maximum Gasteiger partial charge on any atom is 0.329 e. The smallest absolute Gasteiger partial charge is 0.329 e. The molecule has 1 atom stereocenters. The van der Waals surface area contributed by atoms with Gasteiger partial charge in [0.05, 0.1) is 23.3 Å². The number of aliphatic hydroxyl groups excluding tert-OH is 1. The molecule has 0 radical (unpaired) electrons. The van der Waals surface area contributed by atoms with Gasteiger partial charge in [-0.05, 0) is 17.7 Å². The SMILES string of the molecule is O=C(O)C1Cc2ccc(-n3cc(CCO)nn3)cc2N1O. The van der Waals surface area contributed by atoms with Crippen LogP contribution in [0.15, 0.2) is 24.4 Å². The summed E-state index contributed by atoms with van der Waals surface area (Å²) in [6.45, 7) is -0.00636. The van der Waals surface area contributed by atoms with E-state index in [1.165, 1.54) is 4.68 Å². The molecule has 2 aromatic rings. The summed E-state index contributed by atoms with van der Waals surface area (Å²) < 4.78 is 1.52. The van der Waals surface area contributed by atoms with Crippen LogP contribution in [0.4, 0.5) is 5.69 Å². The van der Waals surface area contributed by atoms with Crippen LogP contribution in [0.25, 0.3) is 5.69 Å². The van der Waals surface area contributed by atoms with E-state index in [1.807, 2.05) is 0 Å². The second kappa shape index (κ2) is 5.15. The van der Waals surface area contributed by atoms with Gasteiger partial charge in [-0.15, -0.1) is 5.10 Å². The second-order valence-corrected chi connectivity index (χ2v) is 4.84. The molecule has 1 aliphatic heterocycles. The Morgan fingerprint density at radius 3 is 2.95 bits per heavy atom. The number of fused-ring (bicyclic) bond motifs is 1. The highest BCUT2D eigenvalue weighted by Gasteiger charge is 2.34. The van der Waals surface area contributed by atoms with Crippen molar-refractivity contribution in [2.24, 2.45) is 0 Å². The molecule has 0 fully saturated rings. The minimum Gasteiger partial charge on any atom is -0.480 e. The van der Waals surface area contributed by atoms with Crippen LogP contribution >= 0.6 is 0 Å². The molecule has 3 rings (SSSR count). The Morgan fingerprint density at radius 2 is 2.24 bits per heavy atom. The van der Waals surface area contributed by atoms with Gasteiger partial charge >= 0.3 is 5.97 Å². The number of hydrogen-bond acceptors (Lipinski definition) is 6. The van der Waals surface area contributed by atoms with Crippen LogP contribution in [0.5, 0.6) is 0 Å². The van der Waals surface area contributed by atoms with Gasteiger partial charge in [-0.3, -0.25) is 5.21 Å². The van der Waals surface area contributed by atoms with Crippen molar-refractivity contribution in [1.29, 1.82) is 0 Å². The van der Waals surface area contributed by atoms with Gasteiger partial charge in [-0.25, -0.2) is 14.5 Å². The number of hydrogen-bond donors (Lipinski definition) is 3. The zero-order valence-corrected chi connectivity index (χ0v) is 11.0. The summed E-state index contributed by atoms with van der Waals surface area (Å²) in [6, 6.07) is 4.25. The van der Waals surface area contributed by atoms with Crippen LogP contribution in [0, 0.1) is 0 Å². The number of carboxylic acids is 1. The van der Waals surface area contributed by atoms with Crippen molar-refractivity contribution >= 4 is 11.7 Å². The van der Waals surface area contributed by atoms with Crippen molar-refractivity contribution in [3.63, 3.8) is 0 Å². The number of anilines is 1. The fourth-order valence-electron chi connectivity index (χ4n) is 2.39.